The Balaban J connectivity index is 2.05. The number of rotatable bonds is 3. The summed E-state index contributed by atoms with van der Waals surface area (Å²) in [5.74, 6) is -0.238. The van der Waals surface area contributed by atoms with E-state index in [-0.39, 0.29) is 12.0 Å². The molecular weight excluding hydrogens is 258 g/mol. The Morgan fingerprint density at radius 1 is 1.32 bits per heavy atom. The lowest BCUT2D eigenvalue weighted by Crippen LogP contribution is -2.34. The van der Waals surface area contributed by atoms with Crippen molar-refractivity contribution in [3.8, 4) is 0 Å². The van der Waals surface area contributed by atoms with E-state index in [4.69, 9.17) is 4.74 Å². The Hall–Kier alpha value is -1.55. The number of anilines is 1. The average molecular weight is 277 g/mol. The molecule has 1 atom stereocenters. The molecule has 19 heavy (non-hydrogen) atoms. The second-order valence-corrected chi connectivity index (χ2v) is 6.52. The average Bonchev–Trinajstić information content (AvgIpc) is 2.73. The van der Waals surface area contributed by atoms with Crippen LogP contribution in [0.5, 0.6) is 0 Å². The summed E-state index contributed by atoms with van der Waals surface area (Å²) in [5, 5.41) is 6.42. The van der Waals surface area contributed by atoms with Gasteiger partial charge in [-0.15, -0.1) is 11.3 Å². The van der Waals surface area contributed by atoms with Crippen molar-refractivity contribution in [1.82, 2.24) is 0 Å². The van der Waals surface area contributed by atoms with E-state index in [1.165, 1.54) is 10.1 Å². The van der Waals surface area contributed by atoms with E-state index in [0.29, 0.717) is 0 Å². The van der Waals surface area contributed by atoms with Gasteiger partial charge in [-0.3, -0.25) is 0 Å². The molecule has 3 nitrogen and oxygen atoms in total. The Kier molecular flexibility index (Phi) is 3.80. The van der Waals surface area contributed by atoms with Crippen molar-refractivity contribution in [2.45, 2.75) is 39.3 Å². The van der Waals surface area contributed by atoms with Gasteiger partial charge >= 0.3 is 5.97 Å². The van der Waals surface area contributed by atoms with Crippen LogP contribution in [-0.2, 0) is 9.53 Å². The fourth-order valence-electron chi connectivity index (χ4n) is 1.76. The first-order valence-corrected chi connectivity index (χ1v) is 7.20. The standard InChI is InChI=1S/C15H19NO2S/c1-10(14(17)18-15(2,3)4)16-12-5-6-13-11(9-12)7-8-19-13/h5-10,16H,1-4H3. The van der Waals surface area contributed by atoms with E-state index in [9.17, 15) is 4.79 Å². The Labute approximate surface area is 117 Å². The van der Waals surface area contributed by atoms with Crippen molar-refractivity contribution >= 4 is 33.1 Å². The van der Waals surface area contributed by atoms with E-state index in [1.54, 1.807) is 11.3 Å². The number of carbonyl (C=O) groups is 1. The lowest BCUT2D eigenvalue weighted by Gasteiger charge is -2.23. The molecule has 4 heteroatoms. The largest absolute Gasteiger partial charge is 0.458 e. The quantitative estimate of drug-likeness (QED) is 0.860. The lowest BCUT2D eigenvalue weighted by molar-refractivity contribution is -0.155. The predicted molar refractivity (Wildman–Crippen MR) is 80.8 cm³/mol. The van der Waals surface area contributed by atoms with Crippen LogP contribution in [0.2, 0.25) is 0 Å². The minimum absolute atomic E-state index is 0.238. The molecule has 1 aromatic carbocycles. The molecule has 2 aromatic rings. The Morgan fingerprint density at radius 2 is 2.05 bits per heavy atom. The molecule has 0 bridgehead atoms. The van der Waals surface area contributed by atoms with Gasteiger partial charge in [-0.2, -0.15) is 0 Å². The maximum atomic E-state index is 11.9. The first-order chi connectivity index (χ1) is 8.85. The molecule has 0 aliphatic rings. The third kappa shape index (κ3) is 3.70. The van der Waals surface area contributed by atoms with Gasteiger partial charge in [-0.05, 0) is 62.7 Å². The molecule has 0 fully saturated rings. The summed E-state index contributed by atoms with van der Waals surface area (Å²) in [7, 11) is 0. The van der Waals surface area contributed by atoms with E-state index < -0.39 is 5.60 Å². The topological polar surface area (TPSA) is 38.3 Å². The molecule has 0 saturated heterocycles. The minimum Gasteiger partial charge on any atom is -0.458 e. The highest BCUT2D eigenvalue weighted by molar-refractivity contribution is 7.17. The summed E-state index contributed by atoms with van der Waals surface area (Å²) in [5.41, 5.74) is 0.480. The van der Waals surface area contributed by atoms with E-state index in [1.807, 2.05) is 39.8 Å². The number of fused-ring (bicyclic) bond motifs is 1. The number of hydrogen-bond donors (Lipinski definition) is 1. The lowest BCUT2D eigenvalue weighted by atomic mass is 10.2. The number of thiophene rings is 1. The molecule has 0 aliphatic heterocycles. The third-order valence-electron chi connectivity index (χ3n) is 2.60. The van der Waals surface area contributed by atoms with Crippen LogP contribution in [0.4, 0.5) is 5.69 Å². The molecule has 0 amide bonds. The van der Waals surface area contributed by atoms with Crippen molar-refractivity contribution < 1.29 is 9.53 Å². The fourth-order valence-corrected chi connectivity index (χ4v) is 2.53. The summed E-state index contributed by atoms with van der Waals surface area (Å²) in [6.07, 6.45) is 0. The summed E-state index contributed by atoms with van der Waals surface area (Å²) in [6.45, 7) is 7.42. The highest BCUT2D eigenvalue weighted by atomic mass is 32.1. The van der Waals surface area contributed by atoms with Gasteiger partial charge < -0.3 is 10.1 Å². The molecule has 1 aromatic heterocycles. The van der Waals surface area contributed by atoms with Crippen LogP contribution in [0.3, 0.4) is 0 Å². The van der Waals surface area contributed by atoms with Crippen molar-refractivity contribution in [3.05, 3.63) is 29.6 Å². The molecular formula is C15H19NO2S. The van der Waals surface area contributed by atoms with Gasteiger partial charge in [0.1, 0.15) is 11.6 Å². The molecule has 2 rings (SSSR count). The summed E-state index contributed by atoms with van der Waals surface area (Å²) >= 11 is 1.71. The zero-order valence-electron chi connectivity index (χ0n) is 11.7. The van der Waals surface area contributed by atoms with Gasteiger partial charge in [0.05, 0.1) is 0 Å². The number of ether oxygens (including phenoxy) is 1. The maximum absolute atomic E-state index is 11.9. The second kappa shape index (κ2) is 5.21. The van der Waals surface area contributed by atoms with Crippen LogP contribution in [0.1, 0.15) is 27.7 Å². The van der Waals surface area contributed by atoms with Gasteiger partial charge in [0.25, 0.3) is 0 Å². The van der Waals surface area contributed by atoms with E-state index in [2.05, 4.69) is 22.8 Å². The predicted octanol–water partition coefficient (Wildman–Crippen LogP) is 4.04. The molecule has 102 valence electrons. The first kappa shape index (κ1) is 13.9. The molecule has 0 saturated carbocycles. The monoisotopic (exact) mass is 277 g/mol. The van der Waals surface area contributed by atoms with E-state index in [0.717, 1.165) is 5.69 Å². The van der Waals surface area contributed by atoms with Crippen LogP contribution < -0.4 is 5.32 Å². The summed E-state index contributed by atoms with van der Waals surface area (Å²) < 4.78 is 6.59. The van der Waals surface area contributed by atoms with Crippen LogP contribution >= 0.6 is 11.3 Å². The Morgan fingerprint density at radius 3 is 2.74 bits per heavy atom. The molecule has 0 radical (unpaired) electrons. The number of carbonyl (C=O) groups excluding carboxylic acids is 1. The highest BCUT2D eigenvalue weighted by Gasteiger charge is 2.21. The second-order valence-electron chi connectivity index (χ2n) is 5.57. The van der Waals surface area contributed by atoms with Crippen molar-refractivity contribution in [2.75, 3.05) is 5.32 Å². The zero-order valence-corrected chi connectivity index (χ0v) is 12.5. The SMILES string of the molecule is CC(Nc1ccc2sccc2c1)C(=O)OC(C)(C)C. The van der Waals surface area contributed by atoms with Crippen molar-refractivity contribution in [1.29, 1.82) is 0 Å². The molecule has 0 spiro atoms. The van der Waals surface area contributed by atoms with Crippen LogP contribution in [0.25, 0.3) is 10.1 Å². The number of esters is 1. The molecule has 1 unspecified atom stereocenters. The summed E-state index contributed by atoms with van der Waals surface area (Å²) in [4.78, 5) is 11.9. The zero-order chi connectivity index (χ0) is 14.0. The van der Waals surface area contributed by atoms with Crippen LogP contribution in [0.15, 0.2) is 29.6 Å². The maximum Gasteiger partial charge on any atom is 0.328 e. The van der Waals surface area contributed by atoms with Gasteiger partial charge in [0, 0.05) is 10.4 Å². The fraction of sp³-hybridized carbons (Fsp3) is 0.400. The summed E-state index contributed by atoms with van der Waals surface area (Å²) in [6, 6.07) is 7.80. The van der Waals surface area contributed by atoms with Crippen molar-refractivity contribution in [2.24, 2.45) is 0 Å². The normalized spacial score (nSPS) is 13.3. The van der Waals surface area contributed by atoms with Gasteiger partial charge in [-0.1, -0.05) is 0 Å². The molecule has 1 heterocycles. The van der Waals surface area contributed by atoms with E-state index >= 15 is 0 Å². The van der Waals surface area contributed by atoms with Crippen LogP contribution in [-0.4, -0.2) is 17.6 Å². The van der Waals surface area contributed by atoms with Gasteiger partial charge in [0.15, 0.2) is 0 Å². The molecule has 1 N–H and O–H groups in total. The van der Waals surface area contributed by atoms with Crippen LogP contribution in [0, 0.1) is 0 Å². The Bertz CT molecular complexity index is 583. The third-order valence-corrected chi connectivity index (χ3v) is 3.49. The number of nitrogens with one attached hydrogen (secondary N) is 1. The number of hydrogen-bond acceptors (Lipinski definition) is 4. The van der Waals surface area contributed by atoms with Crippen molar-refractivity contribution in [3.63, 3.8) is 0 Å². The number of benzene rings is 1. The minimum atomic E-state index is -0.454. The molecule has 0 aliphatic carbocycles. The van der Waals surface area contributed by atoms with Gasteiger partial charge in [0.2, 0.25) is 0 Å². The smallest absolute Gasteiger partial charge is 0.328 e. The van der Waals surface area contributed by atoms with Gasteiger partial charge in [-0.25, -0.2) is 4.79 Å². The highest BCUT2D eigenvalue weighted by Crippen LogP contribution is 2.24. The first-order valence-electron chi connectivity index (χ1n) is 6.32.